The van der Waals surface area contributed by atoms with E-state index in [1.165, 1.54) is 17.1 Å². The van der Waals surface area contributed by atoms with Gasteiger partial charge < -0.3 is 10.1 Å². The van der Waals surface area contributed by atoms with Crippen LogP contribution in [0.5, 0.6) is 5.75 Å². The average Bonchev–Trinajstić information content (AvgIpc) is 2.49. The van der Waals surface area contributed by atoms with Crippen LogP contribution >= 0.6 is 23.5 Å². The van der Waals surface area contributed by atoms with Gasteiger partial charge in [-0.1, -0.05) is 32.0 Å². The molecule has 1 heterocycles. The van der Waals surface area contributed by atoms with E-state index in [1.54, 1.807) is 0 Å². The average molecular weight is 312 g/mol. The summed E-state index contributed by atoms with van der Waals surface area (Å²) in [4.78, 5) is 0. The lowest BCUT2D eigenvalue weighted by molar-refractivity contribution is 0.310. The van der Waals surface area contributed by atoms with Gasteiger partial charge in [-0.15, -0.1) is 0 Å². The van der Waals surface area contributed by atoms with Crippen LogP contribution in [-0.2, 0) is 0 Å². The highest BCUT2D eigenvalue weighted by atomic mass is 32.2. The van der Waals surface area contributed by atoms with Gasteiger partial charge >= 0.3 is 0 Å². The summed E-state index contributed by atoms with van der Waals surface area (Å²) >= 11 is 4.18. The topological polar surface area (TPSA) is 21.3 Å². The van der Waals surface area contributed by atoms with Gasteiger partial charge in [-0.2, -0.15) is 23.5 Å². The van der Waals surface area contributed by atoms with Gasteiger partial charge in [0.2, 0.25) is 0 Å². The number of hydrogen-bond donors (Lipinski definition) is 1. The number of benzene rings is 1. The summed E-state index contributed by atoms with van der Waals surface area (Å²) in [6.45, 7) is 5.28. The lowest BCUT2D eigenvalue weighted by Crippen LogP contribution is -2.36. The van der Waals surface area contributed by atoms with Gasteiger partial charge in [0.05, 0.1) is 6.61 Å². The van der Waals surface area contributed by atoms with Gasteiger partial charge in [-0.3, -0.25) is 0 Å². The lowest BCUT2D eigenvalue weighted by Gasteiger charge is -2.35. The van der Waals surface area contributed by atoms with Gasteiger partial charge in [-0.05, 0) is 19.5 Å². The first-order valence-corrected chi connectivity index (χ1v) is 9.49. The molecule has 2 rings (SSSR count). The normalized spacial score (nSPS) is 24.4. The predicted molar refractivity (Wildman–Crippen MR) is 92.2 cm³/mol. The van der Waals surface area contributed by atoms with Crippen LogP contribution in [0, 0.1) is 0 Å². The Labute approximate surface area is 131 Å². The van der Waals surface area contributed by atoms with Crippen molar-refractivity contribution in [1.29, 1.82) is 0 Å². The molecule has 1 fully saturated rings. The molecule has 112 valence electrons. The molecule has 1 aromatic rings. The first-order valence-electron chi connectivity index (χ1n) is 7.40. The van der Waals surface area contributed by atoms with Crippen molar-refractivity contribution in [3.05, 3.63) is 29.8 Å². The summed E-state index contributed by atoms with van der Waals surface area (Å²) in [6.07, 6.45) is 1.04. The number of para-hydroxylation sites is 1. The Morgan fingerprint density at radius 2 is 2.05 bits per heavy atom. The maximum atomic E-state index is 5.94. The zero-order valence-electron chi connectivity index (χ0n) is 12.6. The second-order valence-corrected chi connectivity index (χ2v) is 7.84. The Hall–Kier alpha value is -0.320. The second-order valence-electron chi connectivity index (χ2n) is 5.06. The zero-order chi connectivity index (χ0) is 14.4. The Morgan fingerprint density at radius 1 is 1.30 bits per heavy atom. The van der Waals surface area contributed by atoms with Crippen LogP contribution in [-0.4, -0.2) is 35.7 Å². The van der Waals surface area contributed by atoms with E-state index in [0.29, 0.717) is 16.5 Å². The fourth-order valence-electron chi connectivity index (χ4n) is 2.59. The molecule has 3 unspecified atom stereocenters. The van der Waals surface area contributed by atoms with E-state index in [-0.39, 0.29) is 0 Å². The zero-order valence-corrected chi connectivity index (χ0v) is 14.2. The molecule has 0 radical (unpaired) electrons. The van der Waals surface area contributed by atoms with Gasteiger partial charge in [0, 0.05) is 33.6 Å². The molecule has 1 saturated heterocycles. The highest BCUT2D eigenvalue weighted by molar-refractivity contribution is 8.07. The molecule has 1 N–H and O–H groups in total. The molecule has 1 aliphatic rings. The molecule has 3 atom stereocenters. The molecule has 0 bridgehead atoms. The standard InChI is InChI=1S/C16H25NOS2/c1-4-9-18-14-8-6-5-7-13(14)15(17-3)16-12(2)19-10-11-20-16/h5-8,12,15-17H,4,9-11H2,1-3H3. The molecule has 0 aliphatic carbocycles. The van der Waals surface area contributed by atoms with Gasteiger partial charge in [0.1, 0.15) is 5.75 Å². The molecule has 1 aromatic carbocycles. The Bertz CT molecular complexity index is 413. The van der Waals surface area contributed by atoms with Crippen molar-refractivity contribution in [3.8, 4) is 5.75 Å². The van der Waals surface area contributed by atoms with Crippen molar-refractivity contribution in [2.45, 2.75) is 36.8 Å². The Morgan fingerprint density at radius 3 is 2.75 bits per heavy atom. The van der Waals surface area contributed by atoms with E-state index in [4.69, 9.17) is 4.74 Å². The molecule has 1 aliphatic heterocycles. The van der Waals surface area contributed by atoms with Crippen LogP contribution in [0.4, 0.5) is 0 Å². The van der Waals surface area contributed by atoms with Gasteiger partial charge in [-0.25, -0.2) is 0 Å². The first kappa shape index (κ1) is 16.1. The van der Waals surface area contributed by atoms with E-state index in [1.807, 2.05) is 0 Å². The van der Waals surface area contributed by atoms with E-state index in [2.05, 4.69) is 74.0 Å². The molecule has 0 aromatic heterocycles. The summed E-state index contributed by atoms with van der Waals surface area (Å²) in [6, 6.07) is 8.84. The SMILES string of the molecule is CCCOc1ccccc1C(NC)C1SCCSC1C. The van der Waals surface area contributed by atoms with Gasteiger partial charge in [0.15, 0.2) is 0 Å². The number of rotatable bonds is 6. The molecule has 20 heavy (non-hydrogen) atoms. The largest absolute Gasteiger partial charge is 0.493 e. The second kappa shape index (κ2) is 8.20. The van der Waals surface area contributed by atoms with E-state index >= 15 is 0 Å². The summed E-state index contributed by atoms with van der Waals surface area (Å²) in [5, 5.41) is 4.79. The van der Waals surface area contributed by atoms with Gasteiger partial charge in [0.25, 0.3) is 0 Å². The lowest BCUT2D eigenvalue weighted by atomic mass is 10.0. The van der Waals surface area contributed by atoms with E-state index in [9.17, 15) is 0 Å². The van der Waals surface area contributed by atoms with E-state index in [0.717, 1.165) is 18.8 Å². The molecule has 0 spiro atoms. The number of nitrogens with one attached hydrogen (secondary N) is 1. The van der Waals surface area contributed by atoms with E-state index < -0.39 is 0 Å². The van der Waals surface area contributed by atoms with Crippen molar-refractivity contribution in [2.24, 2.45) is 0 Å². The highest BCUT2D eigenvalue weighted by Crippen LogP contribution is 2.40. The number of hydrogen-bond acceptors (Lipinski definition) is 4. The minimum atomic E-state index is 0.357. The molecular formula is C16H25NOS2. The first-order chi connectivity index (χ1) is 9.77. The van der Waals surface area contributed by atoms with Crippen LogP contribution in [0.25, 0.3) is 0 Å². The van der Waals surface area contributed by atoms with Crippen molar-refractivity contribution in [1.82, 2.24) is 5.32 Å². The summed E-state index contributed by atoms with van der Waals surface area (Å²) in [7, 11) is 2.06. The van der Waals surface area contributed by atoms with Crippen molar-refractivity contribution in [3.63, 3.8) is 0 Å². The third kappa shape index (κ3) is 3.86. The maximum Gasteiger partial charge on any atom is 0.124 e. The van der Waals surface area contributed by atoms with Crippen molar-refractivity contribution < 1.29 is 4.74 Å². The molecule has 2 nitrogen and oxygen atoms in total. The summed E-state index contributed by atoms with van der Waals surface area (Å²) < 4.78 is 5.94. The summed E-state index contributed by atoms with van der Waals surface area (Å²) in [5.41, 5.74) is 1.30. The predicted octanol–water partition coefficient (Wildman–Crippen LogP) is 3.97. The Kier molecular flexibility index (Phi) is 6.59. The number of thioether (sulfide) groups is 2. The smallest absolute Gasteiger partial charge is 0.124 e. The van der Waals surface area contributed by atoms with Crippen molar-refractivity contribution in [2.75, 3.05) is 25.2 Å². The monoisotopic (exact) mass is 311 g/mol. The molecule has 4 heteroatoms. The molecule has 0 amide bonds. The van der Waals surface area contributed by atoms with Crippen LogP contribution in [0.15, 0.2) is 24.3 Å². The Balaban J connectivity index is 2.21. The quantitative estimate of drug-likeness (QED) is 0.857. The van der Waals surface area contributed by atoms with Crippen LogP contribution in [0.1, 0.15) is 31.9 Å². The fourth-order valence-corrected chi connectivity index (χ4v) is 5.57. The third-order valence-electron chi connectivity index (χ3n) is 3.59. The minimum Gasteiger partial charge on any atom is -0.493 e. The van der Waals surface area contributed by atoms with Crippen molar-refractivity contribution >= 4 is 23.5 Å². The summed E-state index contributed by atoms with van der Waals surface area (Å²) in [5.74, 6) is 3.56. The fraction of sp³-hybridized carbons (Fsp3) is 0.625. The maximum absolute atomic E-state index is 5.94. The number of ether oxygens (including phenoxy) is 1. The van der Waals surface area contributed by atoms with Crippen LogP contribution in [0.3, 0.4) is 0 Å². The minimum absolute atomic E-state index is 0.357. The molecule has 0 saturated carbocycles. The van der Waals surface area contributed by atoms with Crippen LogP contribution < -0.4 is 10.1 Å². The third-order valence-corrected chi connectivity index (χ3v) is 6.79. The molecular weight excluding hydrogens is 286 g/mol. The van der Waals surface area contributed by atoms with Crippen LogP contribution in [0.2, 0.25) is 0 Å². The highest BCUT2D eigenvalue weighted by Gasteiger charge is 2.31.